The molecule has 0 aliphatic rings. The number of quaternary nitrogens is 1. The zero-order chi connectivity index (χ0) is 54.3. The minimum atomic E-state index is -4.73. The summed E-state index contributed by atoms with van der Waals surface area (Å²) in [5.41, 5.74) is 0. The number of hydrogen-bond acceptors (Lipinski definition) is 7. The molecule has 0 aromatic heterocycles. The minimum absolute atomic E-state index is 0.0450. The van der Waals surface area contributed by atoms with Crippen molar-refractivity contribution in [1.82, 2.24) is 5.32 Å². The molecule has 10 heteroatoms. The lowest BCUT2D eigenvalue weighted by Crippen LogP contribution is -2.47. The van der Waals surface area contributed by atoms with Crippen LogP contribution in [0.1, 0.15) is 207 Å². The summed E-state index contributed by atoms with van der Waals surface area (Å²) < 4.78 is 30.2. The Morgan fingerprint density at radius 3 is 1.45 bits per heavy atom. The van der Waals surface area contributed by atoms with Gasteiger partial charge in [0.2, 0.25) is 5.91 Å². The molecule has 0 aliphatic heterocycles. The summed E-state index contributed by atoms with van der Waals surface area (Å²) in [7, 11) is 1.11. The summed E-state index contributed by atoms with van der Waals surface area (Å²) in [6.45, 7) is 6.58. The van der Waals surface area contributed by atoms with Crippen LogP contribution in [0, 0.1) is 0 Å². The van der Waals surface area contributed by atoms with Crippen LogP contribution in [0.15, 0.2) is 134 Å². The average Bonchev–Trinajstić information content (AvgIpc) is 3.36. The third kappa shape index (κ3) is 53.0. The highest BCUT2D eigenvalue weighted by molar-refractivity contribution is 7.45. The van der Waals surface area contributed by atoms with Crippen molar-refractivity contribution in [3.63, 3.8) is 0 Å². The van der Waals surface area contributed by atoms with Crippen molar-refractivity contribution >= 4 is 19.7 Å². The fourth-order valence-corrected chi connectivity index (χ4v) is 8.20. The van der Waals surface area contributed by atoms with Gasteiger partial charge in [0.15, 0.2) is 0 Å². The molecule has 0 heterocycles. The van der Waals surface area contributed by atoms with Gasteiger partial charge in [0, 0.05) is 12.8 Å². The molecule has 0 aromatic rings. The van der Waals surface area contributed by atoms with Crippen LogP contribution in [0.25, 0.3) is 0 Å². The van der Waals surface area contributed by atoms with E-state index in [4.69, 9.17) is 13.8 Å². The summed E-state index contributed by atoms with van der Waals surface area (Å²) in [5.74, 6) is -0.641. The summed E-state index contributed by atoms with van der Waals surface area (Å²) >= 11 is 0. The van der Waals surface area contributed by atoms with E-state index in [-0.39, 0.29) is 31.3 Å². The Kier molecular flexibility index (Phi) is 49.8. The number of carbonyl (C=O) groups is 2. The largest absolute Gasteiger partial charge is 0.756 e. The van der Waals surface area contributed by atoms with E-state index in [0.717, 1.165) is 83.5 Å². The van der Waals surface area contributed by atoms with E-state index in [1.807, 2.05) is 88.0 Å². The van der Waals surface area contributed by atoms with Crippen LogP contribution >= 0.6 is 7.82 Å². The van der Waals surface area contributed by atoms with Crippen LogP contribution in [-0.4, -0.2) is 69.4 Å². The number of nitrogens with zero attached hydrogens (tertiary/aromatic N) is 1. The molecule has 0 radical (unpaired) electrons. The van der Waals surface area contributed by atoms with Gasteiger partial charge in [-0.05, 0) is 96.0 Å². The van der Waals surface area contributed by atoms with Crippen LogP contribution in [0.4, 0.5) is 0 Å². The third-order valence-electron chi connectivity index (χ3n) is 12.0. The second-order valence-electron chi connectivity index (χ2n) is 20.2. The quantitative estimate of drug-likeness (QED) is 0.0161. The van der Waals surface area contributed by atoms with Gasteiger partial charge in [-0.3, -0.25) is 14.2 Å². The SMILES string of the molecule is CC\C=C/C=C/C=C/C=C\C=C\C=C\CCCCCC(=O)NC(COP(=O)([O-])OCC[N+](C)(C)C)C(/C=C/CCCCCCCCCCCC)OC(=O)CCCCC/C=C\C/C=C\C/C=C\C/C=C\CCCCC. The maximum atomic E-state index is 13.5. The zero-order valence-electron chi connectivity index (χ0n) is 47.7. The summed E-state index contributed by atoms with van der Waals surface area (Å²) in [5, 5.41) is 2.98. The number of carbonyl (C=O) groups excluding carboxylic acids is 2. The second-order valence-corrected chi connectivity index (χ2v) is 21.6. The number of allylic oxidation sites excluding steroid dienone is 21. The van der Waals surface area contributed by atoms with E-state index in [0.29, 0.717) is 23.9 Å². The molecule has 0 saturated heterocycles. The van der Waals surface area contributed by atoms with E-state index in [2.05, 4.69) is 86.8 Å². The molecule has 0 aromatic carbocycles. The fourth-order valence-electron chi connectivity index (χ4n) is 7.48. The minimum Gasteiger partial charge on any atom is -0.756 e. The first kappa shape index (κ1) is 70.1. The van der Waals surface area contributed by atoms with Gasteiger partial charge in [-0.25, -0.2) is 0 Å². The van der Waals surface area contributed by atoms with Gasteiger partial charge >= 0.3 is 5.97 Å². The Balaban J connectivity index is 5.50. The molecular formula is C64H107N2O7P. The number of nitrogens with one attached hydrogen (secondary N) is 1. The Hall–Kier alpha value is -3.85. The number of phosphoric ester groups is 1. The van der Waals surface area contributed by atoms with Crippen molar-refractivity contribution < 1.29 is 37.3 Å². The van der Waals surface area contributed by atoms with Gasteiger partial charge in [0.05, 0.1) is 33.8 Å². The van der Waals surface area contributed by atoms with Gasteiger partial charge in [0.25, 0.3) is 7.82 Å². The van der Waals surface area contributed by atoms with Crippen LogP contribution in [-0.2, 0) is 27.9 Å². The van der Waals surface area contributed by atoms with Crippen molar-refractivity contribution in [3.8, 4) is 0 Å². The molecule has 0 spiro atoms. The highest BCUT2D eigenvalue weighted by Crippen LogP contribution is 2.38. The first-order valence-electron chi connectivity index (χ1n) is 29.1. The predicted octanol–water partition coefficient (Wildman–Crippen LogP) is 17.1. The van der Waals surface area contributed by atoms with Gasteiger partial charge < -0.3 is 28.5 Å². The van der Waals surface area contributed by atoms with E-state index < -0.39 is 26.6 Å². The van der Waals surface area contributed by atoms with Gasteiger partial charge in [-0.1, -0.05) is 232 Å². The van der Waals surface area contributed by atoms with Crippen LogP contribution in [0.5, 0.6) is 0 Å². The Labute approximate surface area is 454 Å². The van der Waals surface area contributed by atoms with Crippen LogP contribution in [0.2, 0.25) is 0 Å². The average molecular weight is 1050 g/mol. The standard InChI is InChI=1S/C64H107N2O7P/c1-7-10-13-16-19-22-25-28-30-32-33-35-37-39-42-45-48-51-54-57-64(68)73-62(55-52-49-46-43-40-27-24-21-18-15-12-9-3)61(60-72-74(69,70)71-59-58-66(4,5)6)65-63(67)56-53-50-47-44-41-38-36-34-31-29-26-23-20-17-14-11-8-2/h11,14,17,19-20,22-23,26,28-31,33-36,38-39,41-42,52,55,61-62H,7-10,12-13,15-16,18,21,24-25,27,32,37,40,43-51,53-54,56-60H2,1-6H3,(H-,65,67,69,70)/b14-11-,20-17+,22-19-,26-23+,30-28-,31-29-,35-33-,36-34+,41-38+,42-39-,55-52+. The predicted molar refractivity (Wildman–Crippen MR) is 316 cm³/mol. The molecule has 0 saturated carbocycles. The van der Waals surface area contributed by atoms with Crippen molar-refractivity contribution in [2.45, 2.75) is 219 Å². The van der Waals surface area contributed by atoms with Crippen LogP contribution < -0.4 is 10.2 Å². The third-order valence-corrected chi connectivity index (χ3v) is 12.9. The van der Waals surface area contributed by atoms with Crippen molar-refractivity contribution in [1.29, 1.82) is 0 Å². The lowest BCUT2D eigenvalue weighted by atomic mass is 10.1. The topological polar surface area (TPSA) is 114 Å². The maximum Gasteiger partial charge on any atom is 0.306 e. The van der Waals surface area contributed by atoms with Crippen molar-refractivity contribution in [3.05, 3.63) is 134 Å². The molecule has 9 nitrogen and oxygen atoms in total. The number of unbranched alkanes of at least 4 members (excludes halogenated alkanes) is 19. The first-order valence-corrected chi connectivity index (χ1v) is 30.5. The summed E-state index contributed by atoms with van der Waals surface area (Å²) in [6.07, 6.45) is 74.2. The number of hydrogen-bond donors (Lipinski definition) is 1. The summed E-state index contributed by atoms with van der Waals surface area (Å²) in [4.78, 5) is 39.9. The lowest BCUT2D eigenvalue weighted by Gasteiger charge is -2.30. The Morgan fingerprint density at radius 1 is 0.500 bits per heavy atom. The van der Waals surface area contributed by atoms with E-state index >= 15 is 0 Å². The molecule has 1 amide bonds. The van der Waals surface area contributed by atoms with Crippen molar-refractivity contribution in [2.24, 2.45) is 0 Å². The molecule has 0 aliphatic carbocycles. The Morgan fingerprint density at radius 2 is 0.919 bits per heavy atom. The van der Waals surface area contributed by atoms with E-state index in [1.165, 1.54) is 77.0 Å². The number of esters is 1. The molecule has 1 N–H and O–H groups in total. The maximum absolute atomic E-state index is 13.5. The highest BCUT2D eigenvalue weighted by atomic mass is 31.2. The summed E-state index contributed by atoms with van der Waals surface area (Å²) in [6, 6.07) is -0.934. The number of amides is 1. The molecule has 74 heavy (non-hydrogen) atoms. The second kappa shape index (κ2) is 52.6. The molecular weight excluding hydrogens is 940 g/mol. The normalized spacial score (nSPS) is 14.7. The molecule has 3 atom stereocenters. The molecule has 420 valence electrons. The van der Waals surface area contributed by atoms with Crippen molar-refractivity contribution in [2.75, 3.05) is 40.9 Å². The molecule has 0 fully saturated rings. The van der Waals surface area contributed by atoms with E-state index in [9.17, 15) is 19.0 Å². The van der Waals surface area contributed by atoms with E-state index in [1.54, 1.807) is 6.08 Å². The lowest BCUT2D eigenvalue weighted by molar-refractivity contribution is -0.870. The fraction of sp³-hybridized carbons (Fsp3) is 0.625. The van der Waals surface area contributed by atoms with Crippen LogP contribution in [0.3, 0.4) is 0 Å². The Bertz CT molecular complexity index is 1730. The number of ether oxygens (including phenoxy) is 1. The molecule has 0 rings (SSSR count). The first-order chi connectivity index (χ1) is 35.9. The smallest absolute Gasteiger partial charge is 0.306 e. The van der Waals surface area contributed by atoms with Gasteiger partial charge in [-0.2, -0.15) is 0 Å². The number of likely N-dealkylation sites (N-methyl/N-ethyl adjacent to an activating group) is 1. The number of rotatable bonds is 50. The number of phosphoric acid groups is 1. The monoisotopic (exact) mass is 1050 g/mol. The zero-order valence-corrected chi connectivity index (χ0v) is 48.6. The molecule has 0 bridgehead atoms. The highest BCUT2D eigenvalue weighted by Gasteiger charge is 2.27. The van der Waals surface area contributed by atoms with Gasteiger partial charge in [-0.15, -0.1) is 0 Å². The molecule has 3 unspecified atom stereocenters. The van der Waals surface area contributed by atoms with Gasteiger partial charge in [0.1, 0.15) is 19.3 Å².